The van der Waals surface area contributed by atoms with Gasteiger partial charge in [0, 0.05) is 11.5 Å². The number of phenolic OH excluding ortho intramolecular Hbond substituents is 2. The van der Waals surface area contributed by atoms with Gasteiger partial charge in [0.05, 0.1) is 0 Å². The summed E-state index contributed by atoms with van der Waals surface area (Å²) < 4.78 is 0. The van der Waals surface area contributed by atoms with Crippen molar-refractivity contribution in [2.45, 2.75) is 71.6 Å². The fraction of sp³-hybridized carbons (Fsp3) is 0.545. The van der Waals surface area contributed by atoms with Crippen molar-refractivity contribution in [3.8, 4) is 11.5 Å². The molecule has 2 atom stereocenters. The van der Waals surface area contributed by atoms with E-state index >= 15 is 0 Å². The van der Waals surface area contributed by atoms with E-state index in [0.29, 0.717) is 11.5 Å². The summed E-state index contributed by atoms with van der Waals surface area (Å²) in [7, 11) is 0. The molecule has 0 aromatic heterocycles. The quantitative estimate of drug-likeness (QED) is 0.459. The topological polar surface area (TPSA) is 40.5 Å². The molecule has 0 amide bonds. The van der Waals surface area contributed by atoms with E-state index in [-0.39, 0.29) is 17.4 Å². The van der Waals surface area contributed by atoms with Crippen molar-refractivity contribution in [2.24, 2.45) is 5.92 Å². The summed E-state index contributed by atoms with van der Waals surface area (Å²) in [4.78, 5) is 0. The maximum Gasteiger partial charge on any atom is 0.123 e. The minimum atomic E-state index is 0.0696. The summed E-state index contributed by atoms with van der Waals surface area (Å²) in [6, 6.07) is 3.70. The number of hydrogen-bond donors (Lipinski definition) is 2. The van der Waals surface area contributed by atoms with Crippen molar-refractivity contribution in [1.29, 1.82) is 0 Å². The van der Waals surface area contributed by atoms with Gasteiger partial charge in [-0.05, 0) is 69.6 Å². The average Bonchev–Trinajstić information content (AvgIpc) is 2.49. The van der Waals surface area contributed by atoms with Crippen LogP contribution in [0.2, 0.25) is 0 Å². The molecule has 0 spiro atoms. The zero-order valence-corrected chi connectivity index (χ0v) is 15.4. The molecule has 1 aliphatic carbocycles. The van der Waals surface area contributed by atoms with Crippen LogP contribution < -0.4 is 0 Å². The summed E-state index contributed by atoms with van der Waals surface area (Å²) in [5, 5.41) is 21.2. The molecule has 1 aromatic rings. The molecule has 2 heteroatoms. The maximum atomic E-state index is 10.6. The van der Waals surface area contributed by atoms with Gasteiger partial charge in [-0.3, -0.25) is 0 Å². The molecule has 0 aliphatic heterocycles. The molecule has 0 radical (unpaired) electrons. The molecule has 0 saturated carbocycles. The highest BCUT2D eigenvalue weighted by atomic mass is 16.3. The zero-order chi connectivity index (χ0) is 17.7. The van der Waals surface area contributed by atoms with Gasteiger partial charge in [-0.2, -0.15) is 0 Å². The van der Waals surface area contributed by atoms with Crippen LogP contribution in [0, 0.1) is 5.92 Å². The lowest BCUT2D eigenvalue weighted by Gasteiger charge is -2.31. The van der Waals surface area contributed by atoms with Gasteiger partial charge in [-0.15, -0.1) is 6.58 Å². The van der Waals surface area contributed by atoms with E-state index in [2.05, 4.69) is 33.4 Å². The van der Waals surface area contributed by atoms with Crippen LogP contribution in [0.5, 0.6) is 11.5 Å². The minimum Gasteiger partial charge on any atom is -0.507 e. The first-order valence-corrected chi connectivity index (χ1v) is 9.28. The molecule has 2 N–H and O–H groups in total. The highest BCUT2D eigenvalue weighted by molar-refractivity contribution is 5.51. The fourth-order valence-corrected chi connectivity index (χ4v) is 3.86. The van der Waals surface area contributed by atoms with Crippen LogP contribution in [0.1, 0.15) is 76.3 Å². The third kappa shape index (κ3) is 4.66. The summed E-state index contributed by atoms with van der Waals surface area (Å²) in [6.45, 7) is 10.4. The predicted molar refractivity (Wildman–Crippen MR) is 102 cm³/mol. The molecule has 0 heterocycles. The number of rotatable bonds is 7. The van der Waals surface area contributed by atoms with Gasteiger partial charge in [0.15, 0.2) is 0 Å². The Hall–Kier alpha value is -1.70. The second kappa shape index (κ2) is 8.41. The standard InChI is InChI=1S/C22H32O2/c1-5-6-7-8-17-13-20(23)22(21(24)14-17)19-12-16(4)9-10-18(19)11-15(2)3/h12-14,18-19,23-24H,2,5-11H2,1,3-4H3. The first-order valence-electron chi connectivity index (χ1n) is 9.28. The van der Waals surface area contributed by atoms with E-state index in [4.69, 9.17) is 0 Å². The van der Waals surface area contributed by atoms with Gasteiger partial charge in [0.1, 0.15) is 11.5 Å². The Morgan fingerprint density at radius 2 is 1.88 bits per heavy atom. The van der Waals surface area contributed by atoms with Gasteiger partial charge >= 0.3 is 0 Å². The Morgan fingerprint density at radius 1 is 1.21 bits per heavy atom. The van der Waals surface area contributed by atoms with Crippen molar-refractivity contribution in [2.75, 3.05) is 0 Å². The van der Waals surface area contributed by atoms with Gasteiger partial charge in [-0.1, -0.05) is 37.0 Å². The molecule has 2 rings (SSSR count). The summed E-state index contributed by atoms with van der Waals surface area (Å²) in [5.74, 6) is 0.947. The first kappa shape index (κ1) is 18.6. The number of hydrogen-bond acceptors (Lipinski definition) is 2. The first-order chi connectivity index (χ1) is 11.4. The number of aryl methyl sites for hydroxylation is 1. The summed E-state index contributed by atoms with van der Waals surface area (Å²) in [5.41, 5.74) is 4.21. The molecule has 132 valence electrons. The SMILES string of the molecule is C=C(C)CC1CCC(C)=CC1c1c(O)cc(CCCCC)cc1O. The van der Waals surface area contributed by atoms with Crippen LogP contribution in [0.4, 0.5) is 0 Å². The van der Waals surface area contributed by atoms with E-state index in [1.54, 1.807) is 0 Å². The summed E-state index contributed by atoms with van der Waals surface area (Å²) in [6.07, 6.45) is 9.68. The number of phenols is 2. The largest absolute Gasteiger partial charge is 0.507 e. The smallest absolute Gasteiger partial charge is 0.123 e. The van der Waals surface area contributed by atoms with Crippen LogP contribution in [0.25, 0.3) is 0 Å². The monoisotopic (exact) mass is 328 g/mol. The highest BCUT2D eigenvalue weighted by Gasteiger charge is 2.29. The molecular weight excluding hydrogens is 296 g/mol. The third-order valence-corrected chi connectivity index (χ3v) is 5.09. The van der Waals surface area contributed by atoms with Crippen molar-refractivity contribution in [3.05, 3.63) is 47.1 Å². The number of benzene rings is 1. The van der Waals surface area contributed by atoms with E-state index in [1.165, 1.54) is 18.4 Å². The molecule has 0 saturated heterocycles. The summed E-state index contributed by atoms with van der Waals surface area (Å²) >= 11 is 0. The average molecular weight is 328 g/mol. The fourth-order valence-electron chi connectivity index (χ4n) is 3.86. The van der Waals surface area contributed by atoms with Gasteiger partial charge in [0.2, 0.25) is 0 Å². The van der Waals surface area contributed by atoms with Crippen molar-refractivity contribution >= 4 is 0 Å². The molecule has 2 unspecified atom stereocenters. The molecular formula is C22H32O2. The van der Waals surface area contributed by atoms with Crippen LogP contribution in [0.3, 0.4) is 0 Å². The molecule has 24 heavy (non-hydrogen) atoms. The van der Waals surface area contributed by atoms with E-state index in [1.807, 2.05) is 12.1 Å². The molecule has 1 aliphatic rings. The van der Waals surface area contributed by atoms with Gasteiger partial charge in [-0.25, -0.2) is 0 Å². The normalized spacial score (nSPS) is 20.7. The lowest BCUT2D eigenvalue weighted by Crippen LogP contribution is -2.17. The third-order valence-electron chi connectivity index (χ3n) is 5.09. The molecule has 0 fully saturated rings. The van der Waals surface area contributed by atoms with E-state index in [0.717, 1.165) is 43.2 Å². The minimum absolute atomic E-state index is 0.0696. The Kier molecular flexibility index (Phi) is 6.53. The Balaban J connectivity index is 2.31. The Labute approximate surface area is 146 Å². The van der Waals surface area contributed by atoms with Gasteiger partial charge in [0.25, 0.3) is 0 Å². The highest BCUT2D eigenvalue weighted by Crippen LogP contribution is 2.46. The maximum absolute atomic E-state index is 10.6. The molecule has 0 bridgehead atoms. The van der Waals surface area contributed by atoms with Crippen LogP contribution in [-0.4, -0.2) is 10.2 Å². The van der Waals surface area contributed by atoms with Crippen LogP contribution >= 0.6 is 0 Å². The van der Waals surface area contributed by atoms with Crippen molar-refractivity contribution in [3.63, 3.8) is 0 Å². The second-order valence-electron chi connectivity index (χ2n) is 7.50. The Morgan fingerprint density at radius 3 is 2.46 bits per heavy atom. The van der Waals surface area contributed by atoms with E-state index < -0.39 is 0 Å². The van der Waals surface area contributed by atoms with Crippen molar-refractivity contribution < 1.29 is 10.2 Å². The van der Waals surface area contributed by atoms with Crippen molar-refractivity contribution in [1.82, 2.24) is 0 Å². The van der Waals surface area contributed by atoms with Crippen LogP contribution in [0.15, 0.2) is 35.9 Å². The zero-order valence-electron chi connectivity index (χ0n) is 15.4. The lowest BCUT2D eigenvalue weighted by molar-refractivity contribution is 0.378. The number of allylic oxidation sites excluding steroid dienone is 3. The lowest BCUT2D eigenvalue weighted by atomic mass is 9.74. The predicted octanol–water partition coefficient (Wildman–Crippen LogP) is 6.24. The van der Waals surface area contributed by atoms with Crippen LogP contribution in [-0.2, 0) is 6.42 Å². The second-order valence-corrected chi connectivity index (χ2v) is 7.50. The number of aromatic hydroxyl groups is 2. The van der Waals surface area contributed by atoms with Gasteiger partial charge < -0.3 is 10.2 Å². The molecule has 1 aromatic carbocycles. The number of unbranched alkanes of at least 4 members (excludes halogenated alkanes) is 2. The van der Waals surface area contributed by atoms with E-state index in [9.17, 15) is 10.2 Å². The Bertz CT molecular complexity index is 589. The molecule has 2 nitrogen and oxygen atoms in total.